The van der Waals surface area contributed by atoms with Crippen LogP contribution in [0.25, 0.3) is 0 Å². The second-order valence-corrected chi connectivity index (χ2v) is 6.05. The molecule has 5 heteroatoms. The quantitative estimate of drug-likeness (QED) is 0.896. The van der Waals surface area contributed by atoms with Crippen molar-refractivity contribution >= 4 is 5.91 Å². The van der Waals surface area contributed by atoms with Crippen molar-refractivity contribution in [2.75, 3.05) is 26.2 Å². The lowest BCUT2D eigenvalue weighted by Crippen LogP contribution is -2.50. The van der Waals surface area contributed by atoms with Crippen LogP contribution >= 0.6 is 0 Å². The Hall–Kier alpha value is -1.59. The van der Waals surface area contributed by atoms with Crippen molar-refractivity contribution in [2.45, 2.75) is 39.5 Å². The molecule has 1 N–H and O–H groups in total. The van der Waals surface area contributed by atoms with E-state index < -0.39 is 6.10 Å². The first kappa shape index (κ1) is 16.8. The van der Waals surface area contributed by atoms with Crippen LogP contribution in [0.3, 0.4) is 0 Å². The summed E-state index contributed by atoms with van der Waals surface area (Å²) >= 11 is 0. The highest BCUT2D eigenvalue weighted by atomic mass is 16.5. The highest BCUT2D eigenvalue weighted by Gasteiger charge is 2.24. The number of rotatable bonds is 5. The molecule has 122 valence electrons. The molecule has 1 aliphatic rings. The third-order valence-electron chi connectivity index (χ3n) is 3.77. The van der Waals surface area contributed by atoms with Gasteiger partial charge in [0.1, 0.15) is 11.9 Å². The number of aliphatic hydroxyl groups excluding tert-OH is 1. The predicted molar refractivity (Wildman–Crippen MR) is 85.7 cm³/mol. The summed E-state index contributed by atoms with van der Waals surface area (Å²) in [7, 11) is 0. The van der Waals surface area contributed by atoms with E-state index in [4.69, 9.17) is 4.74 Å². The third kappa shape index (κ3) is 4.45. The topological polar surface area (TPSA) is 53.0 Å². The molecule has 0 bridgehead atoms. The molecule has 0 spiro atoms. The maximum Gasteiger partial charge on any atom is 0.251 e. The number of hydrogen-bond acceptors (Lipinski definition) is 4. The van der Waals surface area contributed by atoms with Gasteiger partial charge >= 0.3 is 0 Å². The lowest BCUT2D eigenvalue weighted by atomic mass is 10.1. The summed E-state index contributed by atoms with van der Waals surface area (Å²) in [6, 6.07) is 8.10. The Kier molecular flexibility index (Phi) is 5.80. The van der Waals surface area contributed by atoms with Gasteiger partial charge < -0.3 is 14.7 Å². The minimum Gasteiger partial charge on any atom is -0.491 e. The Morgan fingerprint density at radius 3 is 2.41 bits per heavy atom. The molecule has 1 amide bonds. The predicted octanol–water partition coefficient (Wildman–Crippen LogP) is 1.50. The van der Waals surface area contributed by atoms with Crippen molar-refractivity contribution < 1.29 is 14.6 Å². The number of para-hydroxylation sites is 1. The summed E-state index contributed by atoms with van der Waals surface area (Å²) < 4.78 is 5.85. The van der Waals surface area contributed by atoms with Crippen LogP contribution in [0.4, 0.5) is 0 Å². The normalized spacial score (nSPS) is 17.6. The zero-order chi connectivity index (χ0) is 16.1. The van der Waals surface area contributed by atoms with Gasteiger partial charge in [0.15, 0.2) is 0 Å². The Morgan fingerprint density at radius 2 is 1.82 bits per heavy atom. The fraction of sp³-hybridized carbons (Fsp3) is 0.588. The van der Waals surface area contributed by atoms with Crippen LogP contribution < -0.4 is 4.74 Å². The largest absolute Gasteiger partial charge is 0.491 e. The standard InChI is InChI=1S/C17H26N2O3/c1-13(2)22-16-7-5-4-6-15(16)12-18-8-10-19(11-9-18)17(21)14(3)20/h4-7,13-14,20H,8-12H2,1-3H3. The lowest BCUT2D eigenvalue weighted by Gasteiger charge is -2.35. The number of piperazine rings is 1. The van der Waals surface area contributed by atoms with Crippen LogP contribution in [0.5, 0.6) is 5.75 Å². The highest BCUT2D eigenvalue weighted by Crippen LogP contribution is 2.21. The Balaban J connectivity index is 1.92. The first-order chi connectivity index (χ1) is 10.5. The maximum atomic E-state index is 11.8. The number of aliphatic hydroxyl groups is 1. The SMILES string of the molecule is CC(C)Oc1ccccc1CN1CCN(C(=O)C(C)O)CC1. The zero-order valence-electron chi connectivity index (χ0n) is 13.7. The molecular formula is C17H26N2O3. The van der Waals surface area contributed by atoms with Crippen LogP contribution in [0.15, 0.2) is 24.3 Å². The van der Waals surface area contributed by atoms with Crippen molar-refractivity contribution in [3.63, 3.8) is 0 Å². The van der Waals surface area contributed by atoms with Gasteiger partial charge in [-0.2, -0.15) is 0 Å². The second-order valence-electron chi connectivity index (χ2n) is 6.05. The van der Waals surface area contributed by atoms with Crippen molar-refractivity contribution in [3.8, 4) is 5.75 Å². The molecule has 22 heavy (non-hydrogen) atoms. The zero-order valence-corrected chi connectivity index (χ0v) is 13.7. The van der Waals surface area contributed by atoms with Crippen LogP contribution in [0, 0.1) is 0 Å². The van der Waals surface area contributed by atoms with Gasteiger partial charge in [-0.05, 0) is 26.8 Å². The van der Waals surface area contributed by atoms with Gasteiger partial charge in [-0.3, -0.25) is 9.69 Å². The smallest absolute Gasteiger partial charge is 0.251 e. The van der Waals surface area contributed by atoms with Gasteiger partial charge in [-0.25, -0.2) is 0 Å². The maximum absolute atomic E-state index is 11.8. The first-order valence-electron chi connectivity index (χ1n) is 7.91. The molecule has 0 aromatic heterocycles. The van der Waals surface area contributed by atoms with Crippen LogP contribution in [-0.4, -0.2) is 59.2 Å². The second kappa shape index (κ2) is 7.61. The highest BCUT2D eigenvalue weighted by molar-refractivity contribution is 5.80. The molecule has 2 rings (SSSR count). The monoisotopic (exact) mass is 306 g/mol. The molecule has 1 fully saturated rings. The minimum atomic E-state index is -0.910. The average molecular weight is 306 g/mol. The summed E-state index contributed by atoms with van der Waals surface area (Å²) in [5, 5.41) is 9.37. The molecule has 1 heterocycles. The lowest BCUT2D eigenvalue weighted by molar-refractivity contribution is -0.141. The van der Waals surface area contributed by atoms with Crippen molar-refractivity contribution in [2.24, 2.45) is 0 Å². The van der Waals surface area contributed by atoms with Crippen LogP contribution in [0.2, 0.25) is 0 Å². The first-order valence-corrected chi connectivity index (χ1v) is 7.91. The average Bonchev–Trinajstić information content (AvgIpc) is 2.48. The molecular weight excluding hydrogens is 280 g/mol. The molecule has 1 atom stereocenters. The summed E-state index contributed by atoms with van der Waals surface area (Å²) in [5.41, 5.74) is 1.17. The van der Waals surface area contributed by atoms with Crippen molar-refractivity contribution in [1.82, 2.24) is 9.80 Å². The fourth-order valence-corrected chi connectivity index (χ4v) is 2.63. The van der Waals surface area contributed by atoms with Crippen LogP contribution in [0.1, 0.15) is 26.3 Å². The van der Waals surface area contributed by atoms with Gasteiger partial charge in [0, 0.05) is 38.3 Å². The molecule has 1 aromatic rings. The van der Waals surface area contributed by atoms with Crippen LogP contribution in [-0.2, 0) is 11.3 Å². The number of ether oxygens (including phenoxy) is 1. The van der Waals surface area contributed by atoms with E-state index in [2.05, 4.69) is 11.0 Å². The summed E-state index contributed by atoms with van der Waals surface area (Å²) in [6.07, 6.45) is -0.756. The number of benzene rings is 1. The molecule has 0 aliphatic carbocycles. The van der Waals surface area contributed by atoms with Crippen molar-refractivity contribution in [3.05, 3.63) is 29.8 Å². The van der Waals surface area contributed by atoms with E-state index in [0.29, 0.717) is 13.1 Å². The van der Waals surface area contributed by atoms with E-state index >= 15 is 0 Å². The van der Waals surface area contributed by atoms with E-state index in [1.807, 2.05) is 32.0 Å². The van der Waals surface area contributed by atoms with Gasteiger partial charge in [-0.1, -0.05) is 18.2 Å². The van der Waals surface area contributed by atoms with Gasteiger partial charge in [-0.15, -0.1) is 0 Å². The van der Waals surface area contributed by atoms with E-state index in [-0.39, 0.29) is 12.0 Å². The Morgan fingerprint density at radius 1 is 1.18 bits per heavy atom. The third-order valence-corrected chi connectivity index (χ3v) is 3.77. The summed E-state index contributed by atoms with van der Waals surface area (Å²) in [4.78, 5) is 15.8. The Labute approximate surface area is 132 Å². The molecule has 1 unspecified atom stereocenters. The molecule has 1 aromatic carbocycles. The van der Waals surface area contributed by atoms with Gasteiger partial charge in [0.25, 0.3) is 5.91 Å². The van der Waals surface area contributed by atoms with E-state index in [1.54, 1.807) is 4.90 Å². The molecule has 5 nitrogen and oxygen atoms in total. The van der Waals surface area contributed by atoms with E-state index in [0.717, 1.165) is 25.4 Å². The van der Waals surface area contributed by atoms with E-state index in [1.165, 1.54) is 12.5 Å². The van der Waals surface area contributed by atoms with E-state index in [9.17, 15) is 9.90 Å². The number of hydrogen-bond donors (Lipinski definition) is 1. The molecule has 1 aliphatic heterocycles. The number of carbonyl (C=O) groups is 1. The number of amides is 1. The summed E-state index contributed by atoms with van der Waals surface area (Å²) in [6.45, 7) is 9.35. The molecule has 0 radical (unpaired) electrons. The van der Waals surface area contributed by atoms with Gasteiger partial charge in [0.05, 0.1) is 6.10 Å². The number of carbonyl (C=O) groups excluding carboxylic acids is 1. The minimum absolute atomic E-state index is 0.154. The Bertz CT molecular complexity index is 494. The molecule has 1 saturated heterocycles. The fourth-order valence-electron chi connectivity index (χ4n) is 2.63. The number of nitrogens with zero attached hydrogens (tertiary/aromatic N) is 2. The summed E-state index contributed by atoms with van der Waals surface area (Å²) in [5.74, 6) is 0.753. The molecule has 0 saturated carbocycles. The van der Waals surface area contributed by atoms with Crippen molar-refractivity contribution in [1.29, 1.82) is 0 Å². The van der Waals surface area contributed by atoms with Gasteiger partial charge in [0.2, 0.25) is 0 Å².